The maximum Gasteiger partial charge on any atom is 0.166 e. The molecule has 4 fully saturated rings. The summed E-state index contributed by atoms with van der Waals surface area (Å²) in [6.45, 7) is 4.08. The molecule has 9 rings (SSSR count). The lowest BCUT2D eigenvalue weighted by Gasteiger charge is -2.66. The number of hydrogen-bond acceptors (Lipinski definition) is 5. The number of piperidine rings is 1. The quantitative estimate of drug-likeness (QED) is 0.687. The van der Waals surface area contributed by atoms with Crippen LogP contribution in [-0.4, -0.2) is 55.7 Å². The third-order valence-corrected chi connectivity index (χ3v) is 10.5. The third kappa shape index (κ3) is 1.48. The molecule has 5 heteroatoms. The summed E-state index contributed by atoms with van der Waals surface area (Å²) in [4.78, 5) is 16.0. The Bertz CT molecular complexity index is 1120. The summed E-state index contributed by atoms with van der Waals surface area (Å²) >= 11 is 0. The Morgan fingerprint density at radius 3 is 2.81 bits per heavy atom. The Morgan fingerprint density at radius 1 is 1.29 bits per heavy atom. The fourth-order valence-electron chi connectivity index (χ4n) is 9.27. The molecular formula is C26H29NO4. The molecule has 2 heterocycles. The smallest absolute Gasteiger partial charge is 0.166 e. The van der Waals surface area contributed by atoms with Gasteiger partial charge in [0, 0.05) is 30.7 Å². The first-order valence-corrected chi connectivity index (χ1v) is 11.9. The minimum atomic E-state index is -0.609. The predicted molar refractivity (Wildman–Crippen MR) is 113 cm³/mol. The summed E-state index contributed by atoms with van der Waals surface area (Å²) in [6, 6.07) is 4.78. The van der Waals surface area contributed by atoms with Crippen molar-refractivity contribution in [3.63, 3.8) is 0 Å². The number of rotatable bonds is 5. The Labute approximate surface area is 182 Å². The van der Waals surface area contributed by atoms with E-state index < -0.39 is 11.0 Å². The van der Waals surface area contributed by atoms with E-state index in [0.29, 0.717) is 6.04 Å². The number of ketones is 1. The molecule has 6 atom stereocenters. The van der Waals surface area contributed by atoms with Crippen LogP contribution in [-0.2, 0) is 21.4 Å². The number of methoxy groups -OCH3 is 2. The maximum atomic E-state index is 13.2. The van der Waals surface area contributed by atoms with Crippen molar-refractivity contribution in [2.75, 3.05) is 27.3 Å². The van der Waals surface area contributed by atoms with E-state index in [1.807, 2.05) is 0 Å². The van der Waals surface area contributed by atoms with Crippen molar-refractivity contribution in [3.05, 3.63) is 34.9 Å². The summed E-state index contributed by atoms with van der Waals surface area (Å²) in [6.07, 6.45) is 8.12. The van der Waals surface area contributed by atoms with Gasteiger partial charge in [-0.25, -0.2) is 0 Å². The van der Waals surface area contributed by atoms with Crippen molar-refractivity contribution in [1.82, 2.24) is 4.90 Å². The van der Waals surface area contributed by atoms with E-state index in [2.05, 4.69) is 23.1 Å². The summed E-state index contributed by atoms with van der Waals surface area (Å²) in [5, 5.41) is 0. The molecule has 1 aromatic rings. The van der Waals surface area contributed by atoms with E-state index in [9.17, 15) is 4.79 Å². The van der Waals surface area contributed by atoms with Gasteiger partial charge in [0.1, 0.15) is 17.5 Å². The van der Waals surface area contributed by atoms with Crippen LogP contribution < -0.4 is 9.47 Å². The number of benzene rings is 1. The molecule has 3 saturated carbocycles. The molecule has 2 spiro atoms. The molecule has 162 valence electrons. The van der Waals surface area contributed by atoms with Crippen molar-refractivity contribution in [2.45, 2.75) is 62.2 Å². The van der Waals surface area contributed by atoms with Crippen LogP contribution in [0.25, 0.3) is 0 Å². The predicted octanol–water partition coefficient (Wildman–Crippen LogP) is 3.04. The minimum Gasteiger partial charge on any atom is -0.493 e. The van der Waals surface area contributed by atoms with Gasteiger partial charge in [-0.15, -0.1) is 0 Å². The summed E-state index contributed by atoms with van der Waals surface area (Å²) in [5.74, 6) is 2.84. The maximum absolute atomic E-state index is 13.2. The Kier molecular flexibility index (Phi) is 2.79. The van der Waals surface area contributed by atoms with Crippen molar-refractivity contribution < 1.29 is 19.0 Å². The molecule has 0 aromatic heterocycles. The van der Waals surface area contributed by atoms with E-state index in [0.717, 1.165) is 43.2 Å². The van der Waals surface area contributed by atoms with Gasteiger partial charge < -0.3 is 14.2 Å². The van der Waals surface area contributed by atoms with E-state index in [4.69, 9.17) is 14.2 Å². The second-order valence-corrected chi connectivity index (χ2v) is 11.2. The highest BCUT2D eigenvalue weighted by Gasteiger charge is 2.95. The van der Waals surface area contributed by atoms with E-state index >= 15 is 0 Å². The zero-order chi connectivity index (χ0) is 21.0. The van der Waals surface area contributed by atoms with Gasteiger partial charge in [-0.05, 0) is 68.7 Å². The first kappa shape index (κ1) is 17.7. The van der Waals surface area contributed by atoms with Crippen molar-refractivity contribution >= 4 is 5.78 Å². The first-order chi connectivity index (χ1) is 15.0. The number of carbonyl (C=O) groups excluding carboxylic acids is 1. The third-order valence-electron chi connectivity index (χ3n) is 10.5. The molecule has 6 bridgehead atoms. The number of Topliss-reactive ketones (excluding diaryl/α,β-unsaturated/α-hetero) is 1. The van der Waals surface area contributed by atoms with Crippen LogP contribution in [0.2, 0.25) is 0 Å². The monoisotopic (exact) mass is 419 g/mol. The average Bonchev–Trinajstić information content (AvgIpc) is 3.60. The molecule has 0 unspecified atom stereocenters. The first-order valence-electron chi connectivity index (χ1n) is 11.9. The minimum absolute atomic E-state index is 0.0449. The lowest BCUT2D eigenvalue weighted by Crippen LogP contribution is -2.75. The topological polar surface area (TPSA) is 48.0 Å². The lowest BCUT2D eigenvalue weighted by atomic mass is 9.41. The summed E-state index contributed by atoms with van der Waals surface area (Å²) < 4.78 is 19.0. The van der Waals surface area contributed by atoms with Crippen LogP contribution in [0.3, 0.4) is 0 Å². The molecular weight excluding hydrogens is 390 g/mol. The number of hydrogen-bond donors (Lipinski definition) is 0. The van der Waals surface area contributed by atoms with Gasteiger partial charge in [0.15, 0.2) is 11.5 Å². The van der Waals surface area contributed by atoms with Crippen molar-refractivity contribution in [1.29, 1.82) is 0 Å². The molecule has 1 aromatic carbocycles. The number of likely N-dealkylation sites (tertiary alicyclic amines) is 1. The second-order valence-electron chi connectivity index (χ2n) is 11.2. The fourth-order valence-corrected chi connectivity index (χ4v) is 9.27. The Hall–Kier alpha value is -1.85. The molecule has 1 saturated heterocycles. The normalized spacial score (nSPS) is 46.9. The Balaban J connectivity index is 1.42. The van der Waals surface area contributed by atoms with Crippen molar-refractivity contribution in [2.24, 2.45) is 16.7 Å². The zero-order valence-corrected chi connectivity index (χ0v) is 18.5. The second kappa shape index (κ2) is 4.89. The number of ether oxygens (including phenoxy) is 3. The Morgan fingerprint density at radius 2 is 2.13 bits per heavy atom. The van der Waals surface area contributed by atoms with Crippen LogP contribution in [0.4, 0.5) is 0 Å². The number of carbonyl (C=O) groups is 1. The van der Waals surface area contributed by atoms with Crippen LogP contribution in [0.15, 0.2) is 23.8 Å². The van der Waals surface area contributed by atoms with Crippen LogP contribution in [0.1, 0.15) is 43.7 Å². The number of nitrogens with zero attached hydrogens (tertiary/aromatic N) is 1. The highest BCUT2D eigenvalue weighted by atomic mass is 16.6. The average molecular weight is 420 g/mol. The largest absolute Gasteiger partial charge is 0.493 e. The van der Waals surface area contributed by atoms with Crippen LogP contribution in [0.5, 0.6) is 11.5 Å². The van der Waals surface area contributed by atoms with Gasteiger partial charge in [-0.3, -0.25) is 9.69 Å². The molecule has 8 aliphatic rings. The molecule has 0 amide bonds. The van der Waals surface area contributed by atoms with Gasteiger partial charge in [0.25, 0.3) is 0 Å². The van der Waals surface area contributed by atoms with Gasteiger partial charge >= 0.3 is 0 Å². The van der Waals surface area contributed by atoms with Crippen molar-refractivity contribution in [3.8, 4) is 11.5 Å². The molecule has 31 heavy (non-hydrogen) atoms. The van der Waals surface area contributed by atoms with Crippen LogP contribution in [0, 0.1) is 16.7 Å². The summed E-state index contributed by atoms with van der Waals surface area (Å²) in [7, 11) is 3.51. The fraction of sp³-hybridized carbons (Fsp3) is 0.654. The zero-order valence-electron chi connectivity index (χ0n) is 18.5. The van der Waals surface area contributed by atoms with Gasteiger partial charge in [0.2, 0.25) is 0 Å². The standard InChI is InChI=1S/C26H29NO4/c1-14(28)25-13-23-11-18(25)26(25,30-3)22-24(23)8-9-27(12-15-4-5-15)19(23)10-16-6-7-17(29-2)21(31-22)20(16)24/h6-7,11,15,19,22H,4-5,8-10,12-13H2,1-3H3/t19-,22-,23-,24+,25+,26+/m1/s1. The highest BCUT2D eigenvalue weighted by molar-refractivity contribution is 5.99. The van der Waals surface area contributed by atoms with E-state index in [1.165, 1.54) is 36.1 Å². The lowest BCUT2D eigenvalue weighted by molar-refractivity contribution is -0.179. The van der Waals surface area contributed by atoms with Gasteiger partial charge in [-0.1, -0.05) is 12.1 Å². The molecule has 6 aliphatic carbocycles. The van der Waals surface area contributed by atoms with Gasteiger partial charge in [-0.2, -0.15) is 0 Å². The molecule has 0 radical (unpaired) electrons. The van der Waals surface area contributed by atoms with E-state index in [1.54, 1.807) is 21.1 Å². The highest BCUT2D eigenvalue weighted by Crippen LogP contribution is 2.88. The molecule has 5 nitrogen and oxygen atoms in total. The molecule has 0 N–H and O–H groups in total. The SMILES string of the molecule is COc1ccc2c3c1O[C@@H]1[C@]34CCN(CC3CC3)[C@H](C2)[C@]42C=C3[C@@](C(C)=O)(C2)[C@]31OC. The van der Waals surface area contributed by atoms with E-state index in [-0.39, 0.29) is 22.7 Å². The molecule has 2 aliphatic heterocycles. The summed E-state index contributed by atoms with van der Waals surface area (Å²) in [5.41, 5.74) is 2.73. The van der Waals surface area contributed by atoms with Gasteiger partial charge in [0.05, 0.1) is 17.9 Å². The van der Waals surface area contributed by atoms with Crippen LogP contribution >= 0.6 is 0 Å².